The third kappa shape index (κ3) is 20.2. The molecule has 0 aromatic rings. The molecule has 4 N–H and O–H groups in total. The number of carboxylic acid groups (broad SMARTS) is 1. The second-order valence-corrected chi connectivity index (χ2v) is 6.65. The summed E-state index contributed by atoms with van der Waals surface area (Å²) < 4.78 is -0.211. The van der Waals surface area contributed by atoms with Crippen molar-refractivity contribution in [1.29, 1.82) is 0 Å². The first-order chi connectivity index (χ1) is 9.54. The fourth-order valence-corrected chi connectivity index (χ4v) is 0.335. The van der Waals surface area contributed by atoms with Gasteiger partial charge in [-0.3, -0.25) is 14.4 Å². The van der Waals surface area contributed by atoms with E-state index in [4.69, 9.17) is 32.0 Å². The number of hydrogen-bond donors (Lipinski definition) is 4. The molecule has 0 saturated carbocycles. The molecule has 0 bridgehead atoms. The molecular weight excluding hydrogens is 486 g/mol. The first-order valence-electron chi connectivity index (χ1n) is 5.53. The molecule has 21 heavy (non-hydrogen) atoms. The highest BCUT2D eigenvalue weighted by atomic mass is 127. The number of hydrogen-bond acceptors (Lipinski definition) is 6. The molecular formula is C11H19BrClIO7. The van der Waals surface area contributed by atoms with Crippen LogP contribution in [0, 0.1) is 0 Å². The van der Waals surface area contributed by atoms with Crippen LogP contribution in [-0.4, -0.2) is 71.9 Å². The lowest BCUT2D eigenvalue weighted by Gasteiger charge is -1.95. The van der Waals surface area contributed by atoms with Crippen molar-refractivity contribution in [3.8, 4) is 0 Å². The second-order valence-electron chi connectivity index (χ2n) is 3.51. The second kappa shape index (κ2) is 16.6. The van der Waals surface area contributed by atoms with E-state index in [1.807, 2.05) is 22.6 Å². The Morgan fingerprint density at radius 2 is 1.48 bits per heavy atom. The average molecular weight is 506 g/mol. The fourth-order valence-electron chi connectivity index (χ4n) is 0.335. The molecule has 0 saturated heterocycles. The van der Waals surface area contributed by atoms with Crippen LogP contribution >= 0.6 is 50.1 Å². The minimum absolute atomic E-state index is 0.0306. The molecule has 0 spiro atoms. The summed E-state index contributed by atoms with van der Waals surface area (Å²) >= 11 is 9.79. The number of aliphatic hydroxyl groups is 3. The first-order valence-corrected chi connectivity index (χ1v) is 8.13. The van der Waals surface area contributed by atoms with Gasteiger partial charge in [0.25, 0.3) is 0 Å². The van der Waals surface area contributed by atoms with Crippen molar-refractivity contribution >= 4 is 67.7 Å². The summed E-state index contributed by atoms with van der Waals surface area (Å²) in [6.45, 7) is 2.21. The van der Waals surface area contributed by atoms with Crippen LogP contribution in [0.4, 0.5) is 0 Å². The molecule has 0 aliphatic heterocycles. The van der Waals surface area contributed by atoms with Crippen molar-refractivity contribution in [1.82, 2.24) is 0 Å². The van der Waals surface area contributed by atoms with Crippen LogP contribution in [0.15, 0.2) is 0 Å². The summed E-state index contributed by atoms with van der Waals surface area (Å²) in [6, 6.07) is 0. The Hall–Kier alpha value is 0.190. The molecule has 7 nitrogen and oxygen atoms in total. The lowest BCUT2D eigenvalue weighted by atomic mass is 10.3. The van der Waals surface area contributed by atoms with Gasteiger partial charge in [0.05, 0.1) is 28.6 Å². The topological polar surface area (TPSA) is 132 Å². The van der Waals surface area contributed by atoms with Gasteiger partial charge in [0.1, 0.15) is 11.6 Å². The third-order valence-electron chi connectivity index (χ3n) is 1.63. The van der Waals surface area contributed by atoms with E-state index >= 15 is 0 Å². The number of carboxylic acids is 1. The predicted octanol–water partition coefficient (Wildman–Crippen LogP) is 0.373. The van der Waals surface area contributed by atoms with Gasteiger partial charge in [-0.15, -0.1) is 11.6 Å². The molecule has 3 atom stereocenters. The summed E-state index contributed by atoms with van der Waals surface area (Å²) in [5, 5.41) is 31.2. The van der Waals surface area contributed by atoms with Crippen molar-refractivity contribution in [2.45, 2.75) is 28.0 Å². The molecule has 0 aliphatic rings. The van der Waals surface area contributed by atoms with Gasteiger partial charge in [0.2, 0.25) is 0 Å². The molecule has 0 aromatic heterocycles. The van der Waals surface area contributed by atoms with Crippen LogP contribution in [0.25, 0.3) is 0 Å². The molecule has 3 unspecified atom stereocenters. The van der Waals surface area contributed by atoms with Crippen molar-refractivity contribution in [2.75, 3.05) is 19.8 Å². The third-order valence-corrected chi connectivity index (χ3v) is 4.16. The smallest absolute Gasteiger partial charge is 0.324 e. The van der Waals surface area contributed by atoms with E-state index in [9.17, 15) is 14.4 Å². The minimum atomic E-state index is -1.19. The van der Waals surface area contributed by atoms with Crippen LogP contribution in [0.2, 0.25) is 0 Å². The molecule has 0 aliphatic carbocycles. The zero-order chi connectivity index (χ0) is 17.6. The number of carbonyl (C=O) groups is 3. The fraction of sp³-hybridized carbons (Fsp3) is 0.727. The Morgan fingerprint density at radius 3 is 1.48 bits per heavy atom. The number of halogens is 3. The van der Waals surface area contributed by atoms with Crippen molar-refractivity contribution in [2.24, 2.45) is 0 Å². The van der Waals surface area contributed by atoms with E-state index in [-0.39, 0.29) is 33.5 Å². The number of aliphatic carboxylic acids is 1. The molecule has 0 amide bonds. The molecule has 10 heteroatoms. The quantitative estimate of drug-likeness (QED) is 0.303. The van der Waals surface area contributed by atoms with E-state index in [0.29, 0.717) is 0 Å². The van der Waals surface area contributed by atoms with E-state index in [0.717, 1.165) is 0 Å². The van der Waals surface area contributed by atoms with Crippen molar-refractivity contribution in [3.05, 3.63) is 0 Å². The van der Waals surface area contributed by atoms with Gasteiger partial charge in [-0.05, 0) is 13.8 Å². The lowest BCUT2D eigenvalue weighted by Crippen LogP contribution is -2.16. The van der Waals surface area contributed by atoms with Gasteiger partial charge in [-0.2, -0.15) is 0 Å². The lowest BCUT2D eigenvalue weighted by molar-refractivity contribution is -0.137. The maximum absolute atomic E-state index is 10.2. The summed E-state index contributed by atoms with van der Waals surface area (Å²) in [6.07, 6.45) is 0. The SMILES string of the molecule is CC(=O)C(Br)CO.CC(=O)C(I)CO.O=C(O)C(Cl)CO. The summed E-state index contributed by atoms with van der Waals surface area (Å²) in [4.78, 5) is 29.6. The Balaban J connectivity index is -0.000000231. The Kier molecular flexibility index (Phi) is 20.6. The standard InChI is InChI=1S/C4H7BrO2.C4H7IO2.C3H5ClO3/c2*1-3(7)4(5)2-6;4-2(1-5)3(6)7/h2*4,6H,2H2,1H3;2,5H,1H2,(H,6,7). The molecule has 0 radical (unpaired) electrons. The Bertz CT molecular complexity index is 269. The van der Waals surface area contributed by atoms with Crippen LogP contribution in [0.3, 0.4) is 0 Å². The highest BCUT2D eigenvalue weighted by molar-refractivity contribution is 14.1. The molecule has 126 valence electrons. The van der Waals surface area contributed by atoms with Gasteiger partial charge >= 0.3 is 5.97 Å². The normalized spacial score (nSPS) is 13.5. The number of rotatable bonds is 6. The van der Waals surface area contributed by atoms with Crippen LogP contribution < -0.4 is 0 Å². The Labute approximate surface area is 149 Å². The summed E-state index contributed by atoms with van der Waals surface area (Å²) in [7, 11) is 0. The van der Waals surface area contributed by atoms with Gasteiger partial charge < -0.3 is 20.4 Å². The maximum atomic E-state index is 10.2. The number of Topliss-reactive ketones (excluding diaryl/α,β-unsaturated/α-hetero) is 2. The number of ketones is 2. The largest absolute Gasteiger partial charge is 0.480 e. The highest BCUT2D eigenvalue weighted by Gasteiger charge is 2.09. The van der Waals surface area contributed by atoms with E-state index in [1.165, 1.54) is 13.8 Å². The number of aliphatic hydroxyl groups excluding tert-OH is 3. The number of alkyl halides is 3. The zero-order valence-electron chi connectivity index (χ0n) is 11.5. The van der Waals surface area contributed by atoms with Crippen LogP contribution in [-0.2, 0) is 14.4 Å². The average Bonchev–Trinajstić information content (AvgIpc) is 2.45. The maximum Gasteiger partial charge on any atom is 0.324 e. The van der Waals surface area contributed by atoms with E-state index < -0.39 is 18.0 Å². The monoisotopic (exact) mass is 504 g/mol. The highest BCUT2D eigenvalue weighted by Crippen LogP contribution is 1.98. The van der Waals surface area contributed by atoms with Gasteiger partial charge in [0, 0.05) is 0 Å². The summed E-state index contributed by atoms with van der Waals surface area (Å²) in [5.74, 6) is -1.20. The van der Waals surface area contributed by atoms with Crippen molar-refractivity contribution < 1.29 is 34.8 Å². The Morgan fingerprint density at radius 1 is 1.05 bits per heavy atom. The molecule has 0 rings (SSSR count). The van der Waals surface area contributed by atoms with Gasteiger partial charge in [-0.1, -0.05) is 38.5 Å². The van der Waals surface area contributed by atoms with Crippen molar-refractivity contribution in [3.63, 3.8) is 0 Å². The van der Waals surface area contributed by atoms with Crippen LogP contribution in [0.5, 0.6) is 0 Å². The zero-order valence-corrected chi connectivity index (χ0v) is 16.0. The van der Waals surface area contributed by atoms with Crippen LogP contribution in [0.1, 0.15) is 13.8 Å². The van der Waals surface area contributed by atoms with E-state index in [2.05, 4.69) is 15.9 Å². The molecule has 0 aromatic carbocycles. The predicted molar refractivity (Wildman–Crippen MR) is 90.4 cm³/mol. The summed E-state index contributed by atoms with van der Waals surface area (Å²) in [5.41, 5.74) is 0. The molecule has 0 fully saturated rings. The molecule has 0 heterocycles. The first kappa shape index (κ1) is 26.1. The number of carbonyl (C=O) groups excluding carboxylic acids is 2. The minimum Gasteiger partial charge on any atom is -0.480 e. The van der Waals surface area contributed by atoms with Gasteiger partial charge in [0.15, 0.2) is 5.38 Å². The van der Waals surface area contributed by atoms with Gasteiger partial charge in [-0.25, -0.2) is 0 Å². The van der Waals surface area contributed by atoms with E-state index in [1.54, 1.807) is 0 Å².